The normalized spacial score (nSPS) is 16.5. The van der Waals surface area contributed by atoms with Crippen LogP contribution in [0.2, 0.25) is 0 Å². The van der Waals surface area contributed by atoms with Gasteiger partial charge in [-0.3, -0.25) is 4.68 Å². The Morgan fingerprint density at radius 3 is 2.82 bits per heavy atom. The number of aromatic nitrogens is 2. The van der Waals surface area contributed by atoms with Crippen LogP contribution in [0, 0.1) is 3.70 Å². The summed E-state index contributed by atoms with van der Waals surface area (Å²) in [4.78, 5) is 0. The van der Waals surface area contributed by atoms with Crippen LogP contribution in [-0.2, 0) is 19.9 Å². The Kier molecular flexibility index (Phi) is 1.91. The molecular weight excluding hydrogens is 251 g/mol. The van der Waals surface area contributed by atoms with E-state index in [1.165, 1.54) is 40.6 Å². The predicted octanol–water partition coefficient (Wildman–Crippen LogP) is 1.90. The maximum atomic E-state index is 4.46. The molecule has 1 heterocycles. The molecular formula is C8H11IN2. The van der Waals surface area contributed by atoms with Gasteiger partial charge in [0.05, 0.1) is 5.69 Å². The largest absolute Gasteiger partial charge is 0.262 e. The third-order valence-corrected chi connectivity index (χ3v) is 3.59. The van der Waals surface area contributed by atoms with Gasteiger partial charge in [0.15, 0.2) is 0 Å². The van der Waals surface area contributed by atoms with Gasteiger partial charge < -0.3 is 0 Å². The van der Waals surface area contributed by atoms with Crippen LogP contribution in [0.3, 0.4) is 0 Å². The van der Waals surface area contributed by atoms with Gasteiger partial charge >= 0.3 is 0 Å². The van der Waals surface area contributed by atoms with E-state index in [4.69, 9.17) is 0 Å². The fraction of sp³-hybridized carbons (Fsp3) is 0.625. The first kappa shape index (κ1) is 7.58. The van der Waals surface area contributed by atoms with Crippen LogP contribution in [-0.4, -0.2) is 9.78 Å². The van der Waals surface area contributed by atoms with E-state index in [9.17, 15) is 0 Å². The molecule has 0 saturated heterocycles. The zero-order valence-corrected chi connectivity index (χ0v) is 8.76. The maximum absolute atomic E-state index is 4.46. The van der Waals surface area contributed by atoms with Crippen molar-refractivity contribution in [2.45, 2.75) is 25.7 Å². The average Bonchev–Trinajstić information content (AvgIpc) is 2.30. The number of rotatable bonds is 0. The van der Waals surface area contributed by atoms with E-state index in [1.807, 2.05) is 11.7 Å². The zero-order chi connectivity index (χ0) is 7.84. The summed E-state index contributed by atoms with van der Waals surface area (Å²) < 4.78 is 3.33. The SMILES string of the molecule is Cn1nc2c(c1I)CCCC2. The molecule has 0 unspecified atom stereocenters. The molecule has 11 heavy (non-hydrogen) atoms. The summed E-state index contributed by atoms with van der Waals surface area (Å²) in [6.07, 6.45) is 5.09. The molecule has 0 bridgehead atoms. The molecule has 0 atom stereocenters. The van der Waals surface area contributed by atoms with E-state index in [2.05, 4.69) is 27.7 Å². The molecule has 1 aromatic heterocycles. The van der Waals surface area contributed by atoms with E-state index >= 15 is 0 Å². The molecule has 1 aromatic rings. The second kappa shape index (κ2) is 2.77. The lowest BCUT2D eigenvalue weighted by atomic mass is 9.99. The van der Waals surface area contributed by atoms with Crippen LogP contribution in [0.1, 0.15) is 24.1 Å². The molecule has 3 heteroatoms. The summed E-state index contributed by atoms with van der Waals surface area (Å²) in [5, 5.41) is 4.46. The highest BCUT2D eigenvalue weighted by molar-refractivity contribution is 14.1. The van der Waals surface area contributed by atoms with Crippen LogP contribution in [0.25, 0.3) is 0 Å². The Morgan fingerprint density at radius 1 is 1.36 bits per heavy atom. The Balaban J connectivity index is 2.50. The average molecular weight is 262 g/mol. The van der Waals surface area contributed by atoms with Gasteiger partial charge in [0.1, 0.15) is 3.70 Å². The van der Waals surface area contributed by atoms with Crippen molar-refractivity contribution >= 4 is 22.6 Å². The molecule has 0 saturated carbocycles. The summed E-state index contributed by atoms with van der Waals surface area (Å²) in [5.41, 5.74) is 2.84. The first-order valence-corrected chi connectivity index (χ1v) is 5.07. The molecule has 0 N–H and O–H groups in total. The van der Waals surface area contributed by atoms with Gasteiger partial charge in [0.25, 0.3) is 0 Å². The molecule has 0 amide bonds. The summed E-state index contributed by atoms with van der Waals surface area (Å²) in [5.74, 6) is 0. The van der Waals surface area contributed by atoms with Gasteiger partial charge in [0, 0.05) is 12.6 Å². The van der Waals surface area contributed by atoms with Crippen LogP contribution in [0.4, 0.5) is 0 Å². The lowest BCUT2D eigenvalue weighted by molar-refractivity contribution is 0.664. The molecule has 1 aliphatic rings. The fourth-order valence-corrected chi connectivity index (χ4v) is 2.33. The Labute approximate surface area is 80.1 Å². The quantitative estimate of drug-likeness (QED) is 0.653. The first-order valence-electron chi connectivity index (χ1n) is 3.99. The Hall–Kier alpha value is -0.0600. The van der Waals surface area contributed by atoms with E-state index in [1.54, 1.807) is 0 Å². The monoisotopic (exact) mass is 262 g/mol. The van der Waals surface area contributed by atoms with Crippen molar-refractivity contribution in [2.24, 2.45) is 7.05 Å². The van der Waals surface area contributed by atoms with Gasteiger partial charge in [-0.25, -0.2) is 0 Å². The Bertz CT molecular complexity index is 278. The van der Waals surface area contributed by atoms with Gasteiger partial charge in [-0.2, -0.15) is 5.10 Å². The molecule has 2 rings (SSSR count). The second-order valence-corrected chi connectivity index (χ2v) is 4.07. The summed E-state index contributed by atoms with van der Waals surface area (Å²) in [7, 11) is 2.03. The minimum absolute atomic E-state index is 1.19. The third-order valence-electron chi connectivity index (χ3n) is 2.24. The number of fused-ring (bicyclic) bond motifs is 1. The van der Waals surface area contributed by atoms with E-state index in [-0.39, 0.29) is 0 Å². The van der Waals surface area contributed by atoms with Crippen molar-refractivity contribution in [3.63, 3.8) is 0 Å². The summed E-state index contributed by atoms with van der Waals surface area (Å²) in [6.45, 7) is 0. The van der Waals surface area contributed by atoms with E-state index in [0.29, 0.717) is 0 Å². The minimum Gasteiger partial charge on any atom is -0.262 e. The van der Waals surface area contributed by atoms with Crippen LogP contribution < -0.4 is 0 Å². The second-order valence-electron chi connectivity index (χ2n) is 3.05. The van der Waals surface area contributed by atoms with Crippen molar-refractivity contribution in [2.75, 3.05) is 0 Å². The standard InChI is InChI=1S/C8H11IN2/c1-11-8(9)6-4-2-3-5-7(6)10-11/h2-5H2,1H3. The lowest BCUT2D eigenvalue weighted by Gasteiger charge is -2.08. The highest BCUT2D eigenvalue weighted by atomic mass is 127. The van der Waals surface area contributed by atoms with Gasteiger partial charge in [-0.15, -0.1) is 0 Å². The minimum atomic E-state index is 1.19. The van der Waals surface area contributed by atoms with Gasteiger partial charge in [0.2, 0.25) is 0 Å². The molecule has 0 fully saturated rings. The first-order chi connectivity index (χ1) is 5.29. The van der Waals surface area contributed by atoms with Crippen molar-refractivity contribution < 1.29 is 0 Å². The van der Waals surface area contributed by atoms with Crippen LogP contribution in [0.5, 0.6) is 0 Å². The number of aryl methyl sites for hydroxylation is 2. The molecule has 60 valence electrons. The van der Waals surface area contributed by atoms with Crippen molar-refractivity contribution in [3.05, 3.63) is 15.0 Å². The van der Waals surface area contributed by atoms with Crippen LogP contribution in [0.15, 0.2) is 0 Å². The highest BCUT2D eigenvalue weighted by Crippen LogP contribution is 2.24. The highest BCUT2D eigenvalue weighted by Gasteiger charge is 2.16. The summed E-state index contributed by atoms with van der Waals surface area (Å²) in [6, 6.07) is 0. The predicted molar refractivity (Wildman–Crippen MR) is 52.6 cm³/mol. The van der Waals surface area contributed by atoms with E-state index in [0.717, 1.165) is 0 Å². The number of nitrogens with zero attached hydrogens (tertiary/aromatic N) is 2. The van der Waals surface area contributed by atoms with E-state index < -0.39 is 0 Å². The number of hydrogen-bond acceptors (Lipinski definition) is 1. The zero-order valence-electron chi connectivity index (χ0n) is 6.60. The molecule has 2 nitrogen and oxygen atoms in total. The maximum Gasteiger partial charge on any atom is 0.102 e. The van der Waals surface area contributed by atoms with Crippen molar-refractivity contribution in [1.82, 2.24) is 9.78 Å². The van der Waals surface area contributed by atoms with Crippen molar-refractivity contribution in [1.29, 1.82) is 0 Å². The topological polar surface area (TPSA) is 17.8 Å². The van der Waals surface area contributed by atoms with Gasteiger partial charge in [-0.05, 0) is 48.3 Å². The molecule has 0 aromatic carbocycles. The third kappa shape index (κ3) is 1.19. The summed E-state index contributed by atoms with van der Waals surface area (Å²) >= 11 is 2.38. The molecule has 0 spiro atoms. The molecule has 1 aliphatic carbocycles. The number of hydrogen-bond donors (Lipinski definition) is 0. The van der Waals surface area contributed by atoms with Crippen molar-refractivity contribution in [3.8, 4) is 0 Å². The molecule has 0 aliphatic heterocycles. The molecule has 0 radical (unpaired) electrons. The number of halogens is 1. The fourth-order valence-electron chi connectivity index (χ4n) is 1.64. The Morgan fingerprint density at radius 2 is 2.09 bits per heavy atom. The smallest absolute Gasteiger partial charge is 0.102 e. The lowest BCUT2D eigenvalue weighted by Crippen LogP contribution is -2.00. The van der Waals surface area contributed by atoms with Gasteiger partial charge in [-0.1, -0.05) is 0 Å². The van der Waals surface area contributed by atoms with Crippen LogP contribution >= 0.6 is 22.6 Å².